The average Bonchev–Trinajstić information content (AvgIpc) is 2.99. The minimum Gasteiger partial charge on any atom is -0.334 e. The average molecular weight is 340 g/mol. The predicted octanol–water partition coefficient (Wildman–Crippen LogP) is 1.79. The van der Waals surface area contributed by atoms with E-state index >= 15 is 0 Å². The molecule has 2 fully saturated rings. The normalized spacial score (nSPS) is 24.8. The Kier molecular flexibility index (Phi) is 3.47. The Morgan fingerprint density at radius 3 is 2.95 bits per heavy atom. The topological polar surface area (TPSA) is 75.5 Å². The van der Waals surface area contributed by atoms with Crippen molar-refractivity contribution in [1.29, 1.82) is 0 Å². The van der Waals surface area contributed by atoms with Gasteiger partial charge in [-0.3, -0.25) is 14.9 Å². The minimum absolute atomic E-state index is 0.0666. The highest BCUT2D eigenvalue weighted by molar-refractivity contribution is 9.10. The van der Waals surface area contributed by atoms with E-state index in [9.17, 15) is 14.9 Å². The Bertz CT molecular complexity index is 578. The molecule has 7 heteroatoms. The van der Waals surface area contributed by atoms with Crippen molar-refractivity contribution in [2.75, 3.05) is 19.6 Å². The minimum atomic E-state index is -0.481. The second-order valence-corrected chi connectivity index (χ2v) is 6.14. The van der Waals surface area contributed by atoms with Crippen molar-refractivity contribution in [2.45, 2.75) is 12.5 Å². The lowest BCUT2D eigenvalue weighted by Gasteiger charge is -2.23. The first-order chi connectivity index (χ1) is 9.56. The van der Waals surface area contributed by atoms with Crippen LogP contribution in [0.2, 0.25) is 0 Å². The first kappa shape index (κ1) is 13.5. The van der Waals surface area contributed by atoms with Crippen molar-refractivity contribution in [3.05, 3.63) is 38.3 Å². The summed E-state index contributed by atoms with van der Waals surface area (Å²) in [6.07, 6.45) is 1.000. The fraction of sp³-hybridized carbons (Fsp3) is 0.462. The van der Waals surface area contributed by atoms with Crippen LogP contribution in [0.5, 0.6) is 0 Å². The number of carbonyl (C=O) groups excluding carboxylic acids is 1. The van der Waals surface area contributed by atoms with E-state index < -0.39 is 4.92 Å². The number of non-ortho nitro benzene ring substituents is 1. The molecule has 1 aromatic rings. The van der Waals surface area contributed by atoms with Gasteiger partial charge >= 0.3 is 0 Å². The maximum Gasteiger partial charge on any atom is 0.271 e. The molecule has 2 atom stereocenters. The van der Waals surface area contributed by atoms with Crippen molar-refractivity contribution < 1.29 is 9.72 Å². The molecule has 2 heterocycles. The molecule has 3 rings (SSSR count). The fourth-order valence-corrected chi connectivity index (χ4v) is 3.55. The van der Waals surface area contributed by atoms with E-state index in [1.165, 1.54) is 12.1 Å². The molecule has 0 spiro atoms. The first-order valence-electron chi connectivity index (χ1n) is 6.53. The lowest BCUT2D eigenvalue weighted by atomic mass is 10.0. The summed E-state index contributed by atoms with van der Waals surface area (Å²) in [4.78, 5) is 24.8. The van der Waals surface area contributed by atoms with Crippen LogP contribution in [-0.2, 0) is 0 Å². The lowest BCUT2D eigenvalue weighted by molar-refractivity contribution is -0.385. The van der Waals surface area contributed by atoms with Crippen molar-refractivity contribution >= 4 is 27.5 Å². The predicted molar refractivity (Wildman–Crippen MR) is 76.6 cm³/mol. The van der Waals surface area contributed by atoms with Gasteiger partial charge < -0.3 is 10.2 Å². The second-order valence-electron chi connectivity index (χ2n) is 5.23. The van der Waals surface area contributed by atoms with Crippen LogP contribution in [0.4, 0.5) is 5.69 Å². The molecule has 1 N–H and O–H groups in total. The number of hydrogen-bond acceptors (Lipinski definition) is 4. The molecule has 2 aliphatic heterocycles. The van der Waals surface area contributed by atoms with Gasteiger partial charge in [0.2, 0.25) is 0 Å². The van der Waals surface area contributed by atoms with Gasteiger partial charge in [-0.25, -0.2) is 0 Å². The zero-order valence-corrected chi connectivity index (χ0v) is 12.3. The first-order valence-corrected chi connectivity index (χ1v) is 7.32. The number of nitro groups is 1. The van der Waals surface area contributed by atoms with Gasteiger partial charge in [0, 0.05) is 47.8 Å². The summed E-state index contributed by atoms with van der Waals surface area (Å²) in [6, 6.07) is 4.62. The third-order valence-electron chi connectivity index (χ3n) is 4.05. The summed E-state index contributed by atoms with van der Waals surface area (Å²) in [5, 5.41) is 14.2. The standard InChI is InChI=1S/C13H14BrN3O3/c14-10-3-9(4-11(5-10)17(19)20)13(18)16-2-1-8-6-15-7-12(8)16/h3-5,8,12,15H,1-2,6-7H2/t8-,12+/m0/s1. The molecule has 106 valence electrons. The molecule has 0 saturated carbocycles. The SMILES string of the molecule is O=C(c1cc(Br)cc([N+](=O)[O-])c1)N1CC[C@H]2CNC[C@H]21. The molecular formula is C13H14BrN3O3. The van der Waals surface area contributed by atoms with Gasteiger partial charge in [-0.05, 0) is 18.4 Å². The number of nitro benzene ring substituents is 1. The summed E-state index contributed by atoms with van der Waals surface area (Å²) in [6.45, 7) is 2.50. The molecule has 1 aromatic carbocycles. The molecule has 0 aliphatic carbocycles. The van der Waals surface area contributed by atoms with Crippen molar-refractivity contribution in [3.8, 4) is 0 Å². The number of fused-ring (bicyclic) bond motifs is 1. The number of rotatable bonds is 2. The quantitative estimate of drug-likeness (QED) is 0.658. The maximum atomic E-state index is 12.6. The van der Waals surface area contributed by atoms with Crippen LogP contribution < -0.4 is 5.32 Å². The lowest BCUT2D eigenvalue weighted by Crippen LogP contribution is -2.39. The molecule has 20 heavy (non-hydrogen) atoms. The van der Waals surface area contributed by atoms with Gasteiger partial charge in [-0.15, -0.1) is 0 Å². The largest absolute Gasteiger partial charge is 0.334 e. The van der Waals surface area contributed by atoms with Crippen LogP contribution in [0.25, 0.3) is 0 Å². The number of carbonyl (C=O) groups is 1. The third-order valence-corrected chi connectivity index (χ3v) is 4.50. The number of nitrogens with one attached hydrogen (secondary N) is 1. The number of hydrogen-bond donors (Lipinski definition) is 1. The number of benzene rings is 1. The molecule has 2 aliphatic rings. The molecule has 0 bridgehead atoms. The Morgan fingerprint density at radius 1 is 1.40 bits per heavy atom. The summed E-state index contributed by atoms with van der Waals surface area (Å²) < 4.78 is 0.551. The van der Waals surface area contributed by atoms with Gasteiger partial charge in [0.1, 0.15) is 0 Å². The molecule has 0 radical (unpaired) electrons. The van der Waals surface area contributed by atoms with Gasteiger partial charge in [0.25, 0.3) is 11.6 Å². The molecular weight excluding hydrogens is 326 g/mol. The molecule has 2 saturated heterocycles. The van der Waals surface area contributed by atoms with Crippen LogP contribution in [-0.4, -0.2) is 41.4 Å². The van der Waals surface area contributed by atoms with E-state index in [0.717, 1.165) is 26.1 Å². The van der Waals surface area contributed by atoms with Gasteiger partial charge in [-0.2, -0.15) is 0 Å². The van der Waals surface area contributed by atoms with Crippen LogP contribution in [0.15, 0.2) is 22.7 Å². The smallest absolute Gasteiger partial charge is 0.271 e. The molecule has 6 nitrogen and oxygen atoms in total. The van der Waals surface area contributed by atoms with E-state index in [1.807, 2.05) is 4.90 Å². The van der Waals surface area contributed by atoms with Gasteiger partial charge in [-0.1, -0.05) is 15.9 Å². The highest BCUT2D eigenvalue weighted by Crippen LogP contribution is 2.30. The number of likely N-dealkylation sites (tertiary alicyclic amines) is 1. The van der Waals surface area contributed by atoms with Crippen LogP contribution in [0.3, 0.4) is 0 Å². The number of nitrogens with zero attached hydrogens (tertiary/aromatic N) is 2. The van der Waals surface area contributed by atoms with E-state index in [2.05, 4.69) is 21.2 Å². The van der Waals surface area contributed by atoms with Crippen LogP contribution in [0, 0.1) is 16.0 Å². The van der Waals surface area contributed by atoms with E-state index in [4.69, 9.17) is 0 Å². The number of amides is 1. The highest BCUT2D eigenvalue weighted by Gasteiger charge is 2.40. The summed E-state index contributed by atoms with van der Waals surface area (Å²) >= 11 is 3.23. The zero-order valence-electron chi connectivity index (χ0n) is 10.7. The molecule has 0 aromatic heterocycles. The monoisotopic (exact) mass is 339 g/mol. The summed E-state index contributed by atoms with van der Waals surface area (Å²) in [5.74, 6) is 0.395. The molecule has 0 unspecified atom stereocenters. The van der Waals surface area contributed by atoms with Crippen molar-refractivity contribution in [2.24, 2.45) is 5.92 Å². The Hall–Kier alpha value is -1.47. The highest BCUT2D eigenvalue weighted by atomic mass is 79.9. The Balaban J connectivity index is 1.89. The van der Waals surface area contributed by atoms with Gasteiger partial charge in [0.05, 0.1) is 4.92 Å². The van der Waals surface area contributed by atoms with Crippen LogP contribution >= 0.6 is 15.9 Å². The second kappa shape index (κ2) is 5.14. The Labute approximate surface area is 124 Å². The van der Waals surface area contributed by atoms with Gasteiger partial charge in [0.15, 0.2) is 0 Å². The Morgan fingerprint density at radius 2 is 2.20 bits per heavy atom. The maximum absolute atomic E-state index is 12.6. The van der Waals surface area contributed by atoms with E-state index in [1.54, 1.807) is 6.07 Å². The summed E-state index contributed by atoms with van der Waals surface area (Å²) in [7, 11) is 0. The summed E-state index contributed by atoms with van der Waals surface area (Å²) in [5.41, 5.74) is 0.307. The molecule has 1 amide bonds. The number of halogens is 1. The van der Waals surface area contributed by atoms with Crippen molar-refractivity contribution in [3.63, 3.8) is 0 Å². The third kappa shape index (κ3) is 2.31. The van der Waals surface area contributed by atoms with Crippen LogP contribution in [0.1, 0.15) is 16.8 Å². The fourth-order valence-electron chi connectivity index (χ4n) is 3.07. The van der Waals surface area contributed by atoms with E-state index in [0.29, 0.717) is 16.0 Å². The zero-order chi connectivity index (χ0) is 14.3. The van der Waals surface area contributed by atoms with Crippen molar-refractivity contribution in [1.82, 2.24) is 10.2 Å². The van der Waals surface area contributed by atoms with E-state index in [-0.39, 0.29) is 17.6 Å².